The van der Waals surface area contributed by atoms with Crippen LogP contribution in [0.3, 0.4) is 0 Å². The predicted molar refractivity (Wildman–Crippen MR) is 86.9 cm³/mol. The second kappa shape index (κ2) is 9.23. The summed E-state index contributed by atoms with van der Waals surface area (Å²) in [4.78, 5) is 2.40. The molecule has 1 N–H and O–H groups in total. The lowest BCUT2D eigenvalue weighted by molar-refractivity contribution is 0.160. The Balaban J connectivity index is 0.00000220. The fraction of sp³-hybridized carbons (Fsp3) is 0.625. The van der Waals surface area contributed by atoms with Crippen LogP contribution in [0.1, 0.15) is 37.8 Å². The van der Waals surface area contributed by atoms with E-state index in [9.17, 15) is 4.39 Å². The van der Waals surface area contributed by atoms with Gasteiger partial charge >= 0.3 is 0 Å². The normalized spacial score (nSPS) is 17.1. The quantitative estimate of drug-likeness (QED) is 0.870. The van der Waals surface area contributed by atoms with Gasteiger partial charge in [-0.1, -0.05) is 25.8 Å². The molecular weight excluding hydrogens is 291 g/mol. The van der Waals surface area contributed by atoms with Gasteiger partial charge in [0.2, 0.25) is 0 Å². The summed E-state index contributed by atoms with van der Waals surface area (Å²) in [5, 5.41) is 3.35. The maximum Gasteiger partial charge on any atom is 0.131 e. The van der Waals surface area contributed by atoms with Gasteiger partial charge in [0, 0.05) is 43.9 Å². The van der Waals surface area contributed by atoms with Gasteiger partial charge in [-0.25, -0.2) is 4.39 Å². The third kappa shape index (κ3) is 4.83. The van der Waals surface area contributed by atoms with E-state index in [4.69, 9.17) is 4.74 Å². The average Bonchev–Trinajstić information content (AvgIpc) is 2.50. The van der Waals surface area contributed by atoms with Crippen molar-refractivity contribution in [3.63, 3.8) is 0 Å². The minimum atomic E-state index is -0.149. The first-order valence-corrected chi connectivity index (χ1v) is 7.54. The highest BCUT2D eigenvalue weighted by Crippen LogP contribution is 2.30. The summed E-state index contributed by atoms with van der Waals surface area (Å²) < 4.78 is 19.4. The van der Waals surface area contributed by atoms with Crippen molar-refractivity contribution in [3.05, 3.63) is 29.6 Å². The van der Waals surface area contributed by atoms with Crippen LogP contribution in [0.25, 0.3) is 0 Å². The lowest BCUT2D eigenvalue weighted by atomic mass is 9.98. The topological polar surface area (TPSA) is 24.5 Å². The third-order valence-corrected chi connectivity index (χ3v) is 3.99. The Hall–Kier alpha value is -0.840. The molecule has 1 aliphatic heterocycles. The van der Waals surface area contributed by atoms with Crippen LogP contribution in [0, 0.1) is 5.82 Å². The first kappa shape index (κ1) is 18.2. The van der Waals surface area contributed by atoms with Crippen LogP contribution in [-0.4, -0.2) is 38.2 Å². The molecule has 1 saturated heterocycles. The molecule has 0 saturated carbocycles. The molecule has 0 aliphatic carbocycles. The van der Waals surface area contributed by atoms with Gasteiger partial charge in [-0.3, -0.25) is 4.90 Å². The maximum absolute atomic E-state index is 14.3. The van der Waals surface area contributed by atoms with Gasteiger partial charge in [-0.2, -0.15) is 0 Å². The van der Waals surface area contributed by atoms with E-state index in [0.717, 1.165) is 51.0 Å². The Kier molecular flexibility index (Phi) is 8.01. The molecule has 0 amide bonds. The number of rotatable bonds is 6. The van der Waals surface area contributed by atoms with E-state index in [1.165, 1.54) is 6.07 Å². The number of benzene rings is 1. The van der Waals surface area contributed by atoms with E-state index in [0.29, 0.717) is 5.75 Å². The Morgan fingerprint density at radius 1 is 1.33 bits per heavy atom. The van der Waals surface area contributed by atoms with Gasteiger partial charge in [-0.05, 0) is 12.5 Å². The molecule has 0 aromatic heterocycles. The number of nitrogens with one attached hydrogen (secondary N) is 1. The van der Waals surface area contributed by atoms with Gasteiger partial charge < -0.3 is 10.1 Å². The fourth-order valence-electron chi connectivity index (χ4n) is 2.83. The molecule has 5 heteroatoms. The highest BCUT2D eigenvalue weighted by atomic mass is 35.5. The van der Waals surface area contributed by atoms with E-state index >= 15 is 0 Å². The van der Waals surface area contributed by atoms with Crippen LogP contribution in [0.15, 0.2) is 18.2 Å². The predicted octanol–water partition coefficient (Wildman–Crippen LogP) is 3.39. The van der Waals surface area contributed by atoms with Crippen molar-refractivity contribution in [1.82, 2.24) is 10.2 Å². The lowest BCUT2D eigenvalue weighted by Gasteiger charge is -2.35. The standard InChI is InChI=1S/C16H25FN2O.ClH/c1-3-4-5-16(19-10-8-18-9-11-19)14-7-6-13(20-2)12-15(14)17;/h6-7,12,16,18H,3-5,8-11H2,1-2H3;1H/t16-;/m0./s1. The molecule has 2 rings (SSSR count). The molecular formula is C16H26ClFN2O. The molecule has 1 heterocycles. The second-order valence-electron chi connectivity index (χ2n) is 5.33. The van der Waals surface area contributed by atoms with Crippen molar-refractivity contribution in [1.29, 1.82) is 0 Å². The Morgan fingerprint density at radius 3 is 2.62 bits per heavy atom. The lowest BCUT2D eigenvalue weighted by Crippen LogP contribution is -2.45. The average molecular weight is 317 g/mol. The van der Waals surface area contributed by atoms with E-state index in [1.54, 1.807) is 7.11 Å². The molecule has 0 bridgehead atoms. The molecule has 1 aromatic rings. The van der Waals surface area contributed by atoms with Crippen molar-refractivity contribution in [2.45, 2.75) is 32.2 Å². The van der Waals surface area contributed by atoms with Gasteiger partial charge in [0.15, 0.2) is 0 Å². The van der Waals surface area contributed by atoms with Crippen LogP contribution < -0.4 is 10.1 Å². The number of nitrogens with zero attached hydrogens (tertiary/aromatic N) is 1. The Labute approximate surface area is 133 Å². The molecule has 1 fully saturated rings. The summed E-state index contributed by atoms with van der Waals surface area (Å²) in [6, 6.07) is 5.43. The number of halogens is 2. The number of hydrogen-bond acceptors (Lipinski definition) is 3. The SMILES string of the molecule is CCCC[C@@H](c1ccc(OC)cc1F)N1CCNCC1.Cl. The molecule has 0 radical (unpaired) electrons. The summed E-state index contributed by atoms with van der Waals surface area (Å²) in [7, 11) is 1.57. The van der Waals surface area contributed by atoms with Crippen LogP contribution in [0.4, 0.5) is 4.39 Å². The second-order valence-corrected chi connectivity index (χ2v) is 5.33. The van der Waals surface area contributed by atoms with Crippen LogP contribution in [0.5, 0.6) is 5.75 Å². The number of unbranched alkanes of at least 4 members (excludes halogenated alkanes) is 1. The van der Waals surface area contributed by atoms with Crippen molar-refractivity contribution >= 4 is 12.4 Å². The summed E-state index contributed by atoms with van der Waals surface area (Å²) in [5.41, 5.74) is 0.807. The molecule has 1 aromatic carbocycles. The molecule has 3 nitrogen and oxygen atoms in total. The zero-order valence-corrected chi connectivity index (χ0v) is 13.7. The number of piperazine rings is 1. The minimum Gasteiger partial charge on any atom is -0.497 e. The van der Waals surface area contributed by atoms with Crippen molar-refractivity contribution in [2.75, 3.05) is 33.3 Å². The third-order valence-electron chi connectivity index (χ3n) is 3.99. The van der Waals surface area contributed by atoms with Crippen molar-refractivity contribution in [2.24, 2.45) is 0 Å². The molecule has 21 heavy (non-hydrogen) atoms. The molecule has 0 spiro atoms. The minimum absolute atomic E-state index is 0. The zero-order valence-electron chi connectivity index (χ0n) is 12.9. The van der Waals surface area contributed by atoms with Crippen molar-refractivity contribution < 1.29 is 9.13 Å². The first-order valence-electron chi connectivity index (χ1n) is 7.54. The van der Waals surface area contributed by atoms with Gasteiger partial charge in [-0.15, -0.1) is 12.4 Å². The highest BCUT2D eigenvalue weighted by Gasteiger charge is 2.24. The van der Waals surface area contributed by atoms with Gasteiger partial charge in [0.05, 0.1) is 7.11 Å². The summed E-state index contributed by atoms with van der Waals surface area (Å²) >= 11 is 0. The maximum atomic E-state index is 14.3. The van der Waals surface area contributed by atoms with E-state index < -0.39 is 0 Å². The van der Waals surface area contributed by atoms with Gasteiger partial charge in [0.25, 0.3) is 0 Å². The van der Waals surface area contributed by atoms with E-state index in [-0.39, 0.29) is 24.3 Å². The zero-order chi connectivity index (χ0) is 14.4. The summed E-state index contributed by atoms with van der Waals surface area (Å²) in [6.45, 7) is 6.12. The summed E-state index contributed by atoms with van der Waals surface area (Å²) in [6.07, 6.45) is 3.28. The highest BCUT2D eigenvalue weighted by molar-refractivity contribution is 5.85. The smallest absolute Gasteiger partial charge is 0.131 e. The number of ether oxygens (including phenoxy) is 1. The fourth-order valence-corrected chi connectivity index (χ4v) is 2.83. The van der Waals surface area contributed by atoms with E-state index in [2.05, 4.69) is 17.1 Å². The van der Waals surface area contributed by atoms with Crippen LogP contribution >= 0.6 is 12.4 Å². The van der Waals surface area contributed by atoms with Crippen LogP contribution in [0.2, 0.25) is 0 Å². The first-order chi connectivity index (χ1) is 9.76. The van der Waals surface area contributed by atoms with E-state index in [1.807, 2.05) is 12.1 Å². The number of hydrogen-bond donors (Lipinski definition) is 1. The van der Waals surface area contributed by atoms with Crippen LogP contribution in [-0.2, 0) is 0 Å². The molecule has 120 valence electrons. The van der Waals surface area contributed by atoms with Gasteiger partial charge in [0.1, 0.15) is 11.6 Å². The Bertz CT molecular complexity index is 425. The largest absolute Gasteiger partial charge is 0.497 e. The molecule has 1 aliphatic rings. The molecule has 0 unspecified atom stereocenters. The monoisotopic (exact) mass is 316 g/mol. The Morgan fingerprint density at radius 2 is 2.05 bits per heavy atom. The number of methoxy groups -OCH3 is 1. The summed E-state index contributed by atoms with van der Waals surface area (Å²) in [5.74, 6) is 0.435. The van der Waals surface area contributed by atoms with Crippen molar-refractivity contribution in [3.8, 4) is 5.75 Å². The molecule has 1 atom stereocenters.